The van der Waals surface area contributed by atoms with Crippen molar-refractivity contribution >= 4 is 69.0 Å². The Bertz CT molecular complexity index is 2750. The van der Waals surface area contributed by atoms with Crippen LogP contribution in [-0.2, 0) is 72.2 Å². The number of sulfone groups is 1. The van der Waals surface area contributed by atoms with E-state index in [2.05, 4.69) is 93.7 Å². The fourth-order valence-electron chi connectivity index (χ4n) is 8.52. The summed E-state index contributed by atoms with van der Waals surface area (Å²) in [5.41, 5.74) is 8.12. The molecule has 0 radical (unpaired) electrons. The number of carbonyl (C=O) groups is 2. The number of nitrogens with one attached hydrogen (secondary N) is 2. The summed E-state index contributed by atoms with van der Waals surface area (Å²) in [5.74, 6) is 2.41. The fourth-order valence-corrected chi connectivity index (χ4v) is 11.4. The standard InChI is InChI=1S/C25H35N3O4S.C22H30BrN3O2.C4H12N2.C3H6O2S.Cu.HI.Na/c1-15(2)12-17-13-20-16(14-21(17)32-7)8-11-19-22(23(29)27(6)25(3,4)5)26-24(28(19)20)33(30,31)18-9-10-18;1-13(2)10-15-11-17-14(12-18(15)28-7)8-9-16-19(24-21(23)26(16)17)20(27)25(6)22(3,4)5;1-5-3-4-6-2;4-6(5)3-1-2-3;;;/h13-15,18H,8-12H2,1-7H3;11-13H,8-10H2,1-7H3;5-6H,3-4H2,1-2H3;3H,1-2H2,(H,4,5);;1H;/q;;;;+1;;+1/p-2. The third-order valence-electron chi connectivity index (χ3n) is 13.5. The molecule has 76 heavy (non-hydrogen) atoms. The van der Waals surface area contributed by atoms with E-state index in [9.17, 15) is 26.8 Å². The largest absolute Gasteiger partial charge is 1.00 e. The van der Waals surface area contributed by atoms with Crippen LogP contribution < -0.4 is 49.7 Å². The molecule has 4 aliphatic rings. The molecule has 2 N–H and O–H groups in total. The second-order valence-corrected chi connectivity index (χ2v) is 26.3. The molecule has 2 aliphatic carbocycles. The van der Waals surface area contributed by atoms with Gasteiger partial charge in [0.15, 0.2) is 16.1 Å². The number of hydrogen-bond donors (Lipinski definition) is 2. The second kappa shape index (κ2) is 29.7. The van der Waals surface area contributed by atoms with E-state index in [1.54, 1.807) is 56.0 Å². The molecular weight excluding hydrogens is 1250 g/mol. The minimum absolute atomic E-state index is 0. The van der Waals surface area contributed by atoms with E-state index < -0.39 is 31.7 Å². The number of methoxy groups -OCH3 is 2. The maximum atomic E-state index is 13.4. The van der Waals surface area contributed by atoms with Gasteiger partial charge in [0, 0.05) is 43.5 Å². The van der Waals surface area contributed by atoms with Gasteiger partial charge >= 0.3 is 62.7 Å². The van der Waals surface area contributed by atoms with Gasteiger partial charge in [-0.3, -0.25) is 22.9 Å². The predicted molar refractivity (Wildman–Crippen MR) is 308 cm³/mol. The van der Waals surface area contributed by atoms with Crippen LogP contribution >= 0.6 is 36.3 Å². The molecule has 2 fully saturated rings. The van der Waals surface area contributed by atoms with Crippen molar-refractivity contribution < 1.29 is 78.6 Å². The van der Waals surface area contributed by atoms with Gasteiger partial charge in [-0.2, -0.15) is 0 Å². The Balaban J connectivity index is 0.000000318. The van der Waals surface area contributed by atoms with E-state index in [1.165, 1.54) is 11.1 Å². The van der Waals surface area contributed by atoms with Crippen LogP contribution in [0.2, 0.25) is 0 Å². The van der Waals surface area contributed by atoms with Crippen molar-refractivity contribution in [1.29, 1.82) is 0 Å². The molecule has 0 spiro atoms. The molecule has 2 aliphatic heterocycles. The number of benzene rings is 2. The van der Waals surface area contributed by atoms with Gasteiger partial charge in [0.1, 0.15) is 11.5 Å². The van der Waals surface area contributed by atoms with Crippen LogP contribution in [0.4, 0.5) is 0 Å². The minimum atomic E-state index is -3.63. The smallest absolute Gasteiger partial charge is 1.00 e. The SMILES string of the molecule is CNCCNC.COc1cc2c(cc1CC(C)C)-n1c(Br)nc(C(=O)N(C)C(C)(C)C)c1CC2.COc1cc2c(cc1CC(C)C)-n1c(S(=O)(=O)C3CC3)nc(C(=O)N(C)C(C)(C)C)c1CC2.O=S([O-])C1CC1.[Cu][I].[Na+]. The fraction of sp³-hybridized carbons (Fsp3) is 0.630. The van der Waals surface area contributed by atoms with Gasteiger partial charge in [-0.05, 0) is 194 Å². The van der Waals surface area contributed by atoms with Crippen molar-refractivity contribution in [2.24, 2.45) is 11.8 Å². The molecule has 1 atom stereocenters. The Morgan fingerprint density at radius 3 is 1.49 bits per heavy atom. The molecule has 424 valence electrons. The molecule has 2 saturated carbocycles. The number of rotatable bonds is 14. The molecule has 1 unspecified atom stereocenters. The number of imidazole rings is 2. The second-order valence-electron chi connectivity index (χ2n) is 22.3. The van der Waals surface area contributed by atoms with Crippen LogP contribution in [0.1, 0.15) is 150 Å². The molecule has 0 bridgehead atoms. The first kappa shape index (κ1) is 68.4. The van der Waals surface area contributed by atoms with Crippen molar-refractivity contribution in [1.82, 2.24) is 39.5 Å². The Kier molecular flexibility index (Phi) is 26.7. The number of carbonyl (C=O) groups excluding carboxylic acids is 2. The molecule has 16 nitrogen and oxygen atoms in total. The quantitative estimate of drug-likeness (QED) is 0.0636. The minimum Gasteiger partial charge on any atom is 1.00 e. The van der Waals surface area contributed by atoms with E-state index in [4.69, 9.17) is 9.47 Å². The molecule has 4 aromatic rings. The zero-order valence-electron chi connectivity index (χ0n) is 47.9. The topological polar surface area (TPSA) is 193 Å². The van der Waals surface area contributed by atoms with Gasteiger partial charge in [0.25, 0.3) is 11.8 Å². The number of nitrogens with zero attached hydrogens (tertiary/aromatic N) is 6. The monoisotopic (exact) mass is 1330 g/mol. The van der Waals surface area contributed by atoms with Crippen LogP contribution in [0.15, 0.2) is 34.2 Å². The summed E-state index contributed by atoms with van der Waals surface area (Å²) < 4.78 is 62.2. The first-order valence-electron chi connectivity index (χ1n) is 25.7. The molecule has 2 aromatic carbocycles. The number of aromatic nitrogens is 4. The predicted octanol–water partition coefficient (Wildman–Crippen LogP) is 6.14. The molecule has 22 heteroatoms. The van der Waals surface area contributed by atoms with Crippen molar-refractivity contribution in [3.8, 4) is 22.9 Å². The van der Waals surface area contributed by atoms with Gasteiger partial charge < -0.3 is 34.5 Å². The van der Waals surface area contributed by atoms with Crippen molar-refractivity contribution in [2.75, 3.05) is 55.5 Å². The summed E-state index contributed by atoms with van der Waals surface area (Å²) in [6.07, 6.45) is 7.69. The molecule has 8 rings (SSSR count). The van der Waals surface area contributed by atoms with Gasteiger partial charge in [-0.15, -0.1) is 0 Å². The van der Waals surface area contributed by atoms with Crippen LogP contribution in [0, 0.1) is 11.8 Å². The maximum absolute atomic E-state index is 13.4. The average Bonchev–Trinajstić information content (AvgIpc) is 4.30. The number of ether oxygens (including phenoxy) is 2. The van der Waals surface area contributed by atoms with Crippen molar-refractivity contribution in [3.63, 3.8) is 0 Å². The summed E-state index contributed by atoms with van der Waals surface area (Å²) in [6.45, 7) is 22.7. The van der Waals surface area contributed by atoms with Gasteiger partial charge in [-0.25, -0.2) is 18.4 Å². The molecule has 2 amide bonds. The van der Waals surface area contributed by atoms with E-state index >= 15 is 0 Å². The van der Waals surface area contributed by atoms with Crippen molar-refractivity contribution in [3.05, 3.63) is 74.0 Å². The van der Waals surface area contributed by atoms with Gasteiger partial charge in [0.2, 0.25) is 15.0 Å². The Labute approximate surface area is 506 Å². The summed E-state index contributed by atoms with van der Waals surface area (Å²) >= 11 is 7.72. The number of hydrogen-bond acceptors (Lipinski definition) is 12. The third-order valence-corrected chi connectivity index (χ3v) is 17.2. The number of amides is 2. The normalized spacial score (nSPS) is 14.7. The molecule has 2 aromatic heterocycles. The summed E-state index contributed by atoms with van der Waals surface area (Å²) in [6, 6.07) is 8.40. The first-order chi connectivity index (χ1) is 35.1. The Morgan fingerprint density at radius 1 is 0.763 bits per heavy atom. The number of fused-ring (bicyclic) bond motifs is 6. The van der Waals surface area contributed by atoms with Crippen LogP contribution in [-0.4, -0.2) is 135 Å². The molecular formula is C54H82BrCuIN8NaO8S2. The Morgan fingerprint density at radius 2 is 1.16 bits per heavy atom. The van der Waals surface area contributed by atoms with Crippen LogP contribution in [0.5, 0.6) is 11.5 Å². The number of aryl methyl sites for hydroxylation is 2. The van der Waals surface area contributed by atoms with E-state index in [1.807, 2.05) is 74.8 Å². The molecule has 4 heterocycles. The van der Waals surface area contributed by atoms with E-state index in [-0.39, 0.29) is 63.0 Å². The van der Waals surface area contributed by atoms with Crippen molar-refractivity contribution in [2.45, 2.75) is 160 Å². The third kappa shape index (κ3) is 17.3. The zero-order chi connectivity index (χ0) is 56.5. The summed E-state index contributed by atoms with van der Waals surface area (Å²) in [7, 11) is 7.23. The van der Waals surface area contributed by atoms with E-state index in [0.717, 1.165) is 91.3 Å². The van der Waals surface area contributed by atoms with Gasteiger partial charge in [0.05, 0.1) is 42.2 Å². The van der Waals surface area contributed by atoms with Crippen LogP contribution in [0.25, 0.3) is 11.4 Å². The van der Waals surface area contributed by atoms with Crippen LogP contribution in [0.3, 0.4) is 0 Å². The first-order valence-corrected chi connectivity index (χ1v) is 32.2. The number of likely N-dealkylation sites (N-methyl/N-ethyl adjacent to an activating group) is 2. The maximum Gasteiger partial charge on any atom is 1.00 e. The molecule has 0 saturated heterocycles. The average molecular weight is 1330 g/mol. The van der Waals surface area contributed by atoms with E-state index in [0.29, 0.717) is 53.6 Å². The summed E-state index contributed by atoms with van der Waals surface area (Å²) in [4.78, 5) is 39.1. The summed E-state index contributed by atoms with van der Waals surface area (Å²) in [5, 5.41) is 5.63. The van der Waals surface area contributed by atoms with Gasteiger partial charge in [-0.1, -0.05) is 38.8 Å². The zero-order valence-corrected chi connectivity index (χ0v) is 56.2. The Hall–Kier alpha value is -1.89. The number of halogens is 2.